The second kappa shape index (κ2) is 8.00. The van der Waals surface area contributed by atoms with Gasteiger partial charge in [-0.05, 0) is 31.0 Å². The van der Waals surface area contributed by atoms with Gasteiger partial charge in [0.05, 0.1) is 5.60 Å². The zero-order valence-electron chi connectivity index (χ0n) is 11.9. The van der Waals surface area contributed by atoms with Crippen molar-refractivity contribution in [3.05, 3.63) is 34.3 Å². The van der Waals surface area contributed by atoms with Crippen LogP contribution in [0.25, 0.3) is 0 Å². The van der Waals surface area contributed by atoms with Crippen LogP contribution >= 0.6 is 15.9 Å². The van der Waals surface area contributed by atoms with Crippen LogP contribution in [0.5, 0.6) is 0 Å². The van der Waals surface area contributed by atoms with E-state index in [4.69, 9.17) is 4.74 Å². The molecule has 1 aromatic carbocycles. The molecule has 0 radical (unpaired) electrons. The van der Waals surface area contributed by atoms with Crippen LogP contribution in [0.3, 0.4) is 0 Å². The summed E-state index contributed by atoms with van der Waals surface area (Å²) in [6.45, 7) is 5.12. The highest BCUT2D eigenvalue weighted by Gasteiger charge is 2.21. The molecule has 0 saturated heterocycles. The molecule has 1 aromatic rings. The van der Waals surface area contributed by atoms with Crippen LogP contribution in [0.15, 0.2) is 28.7 Å². The Morgan fingerprint density at radius 1 is 1.37 bits per heavy atom. The van der Waals surface area contributed by atoms with Gasteiger partial charge in [-0.15, -0.1) is 0 Å². The molecule has 0 spiro atoms. The summed E-state index contributed by atoms with van der Waals surface area (Å²) in [7, 11) is 1.65. The second-order valence-corrected chi connectivity index (χ2v) is 6.05. The lowest BCUT2D eigenvalue weighted by Crippen LogP contribution is -2.40. The van der Waals surface area contributed by atoms with Crippen LogP contribution in [-0.4, -0.2) is 31.0 Å². The molecule has 2 atom stereocenters. The van der Waals surface area contributed by atoms with E-state index in [1.165, 1.54) is 5.56 Å². The first kappa shape index (κ1) is 16.6. The van der Waals surface area contributed by atoms with Gasteiger partial charge in [0.25, 0.3) is 0 Å². The molecule has 2 N–H and O–H groups in total. The van der Waals surface area contributed by atoms with E-state index in [0.29, 0.717) is 19.6 Å². The van der Waals surface area contributed by atoms with E-state index in [1.54, 1.807) is 7.11 Å². The predicted molar refractivity (Wildman–Crippen MR) is 82.3 cm³/mol. The van der Waals surface area contributed by atoms with Gasteiger partial charge < -0.3 is 15.2 Å². The molecular weight excluding hydrogens is 306 g/mol. The number of aliphatic hydroxyl groups is 1. The van der Waals surface area contributed by atoms with Crippen molar-refractivity contribution in [3.63, 3.8) is 0 Å². The predicted octanol–water partition coefficient (Wildman–Crippen LogP) is 3.28. The number of hydrogen-bond acceptors (Lipinski definition) is 3. The summed E-state index contributed by atoms with van der Waals surface area (Å²) in [5, 5.41) is 13.7. The molecule has 1 rings (SSSR count). The van der Waals surface area contributed by atoms with Crippen molar-refractivity contribution in [2.24, 2.45) is 0 Å². The molecule has 0 aromatic heterocycles. The average molecular weight is 330 g/mol. The molecule has 0 aliphatic heterocycles. The van der Waals surface area contributed by atoms with Crippen molar-refractivity contribution in [1.29, 1.82) is 0 Å². The SMILES string of the molecule is CCC(NCC(C)(O)CCOC)c1ccc(Br)cc1. The lowest BCUT2D eigenvalue weighted by atomic mass is 10.00. The third-order valence-corrected chi connectivity index (χ3v) is 3.78. The Labute approximate surface area is 124 Å². The van der Waals surface area contributed by atoms with Gasteiger partial charge >= 0.3 is 0 Å². The highest BCUT2D eigenvalue weighted by atomic mass is 79.9. The minimum atomic E-state index is -0.737. The molecule has 0 fully saturated rings. The van der Waals surface area contributed by atoms with Gasteiger partial charge in [0.1, 0.15) is 0 Å². The van der Waals surface area contributed by atoms with Gasteiger partial charge in [-0.25, -0.2) is 0 Å². The summed E-state index contributed by atoms with van der Waals surface area (Å²) in [5.74, 6) is 0. The second-order valence-electron chi connectivity index (χ2n) is 5.13. The Morgan fingerprint density at radius 3 is 2.53 bits per heavy atom. The van der Waals surface area contributed by atoms with Crippen LogP contribution < -0.4 is 5.32 Å². The Morgan fingerprint density at radius 2 is 2.00 bits per heavy atom. The van der Waals surface area contributed by atoms with Crippen LogP contribution in [0.2, 0.25) is 0 Å². The molecule has 0 amide bonds. The summed E-state index contributed by atoms with van der Waals surface area (Å²) < 4.78 is 6.10. The van der Waals surface area contributed by atoms with Crippen molar-refractivity contribution >= 4 is 15.9 Å². The number of ether oxygens (including phenoxy) is 1. The fourth-order valence-electron chi connectivity index (χ4n) is 1.95. The van der Waals surface area contributed by atoms with Crippen LogP contribution in [-0.2, 0) is 4.74 Å². The Hall–Kier alpha value is -0.420. The van der Waals surface area contributed by atoms with Gasteiger partial charge in [0, 0.05) is 37.2 Å². The normalized spacial score (nSPS) is 16.1. The number of halogens is 1. The standard InChI is InChI=1S/C15H24BrNO2/c1-4-14(12-5-7-13(16)8-6-12)17-11-15(2,18)9-10-19-3/h5-8,14,17-18H,4,9-11H2,1-3H3. The number of nitrogens with one attached hydrogen (secondary N) is 1. The topological polar surface area (TPSA) is 41.5 Å². The lowest BCUT2D eigenvalue weighted by Gasteiger charge is -2.27. The van der Waals surface area contributed by atoms with Crippen LogP contribution in [0.1, 0.15) is 38.3 Å². The zero-order chi connectivity index (χ0) is 14.3. The molecule has 19 heavy (non-hydrogen) atoms. The van der Waals surface area contributed by atoms with Gasteiger partial charge in [0.15, 0.2) is 0 Å². The summed E-state index contributed by atoms with van der Waals surface area (Å²) in [6, 6.07) is 8.57. The Balaban J connectivity index is 2.55. The van der Waals surface area contributed by atoms with Crippen LogP contribution in [0.4, 0.5) is 0 Å². The fraction of sp³-hybridized carbons (Fsp3) is 0.600. The molecule has 0 bridgehead atoms. The first-order valence-electron chi connectivity index (χ1n) is 6.68. The Kier molecular flexibility index (Phi) is 7.00. The van der Waals surface area contributed by atoms with Crippen molar-refractivity contribution in [2.75, 3.05) is 20.3 Å². The summed E-state index contributed by atoms with van der Waals surface area (Å²) in [5.41, 5.74) is 0.506. The number of methoxy groups -OCH3 is 1. The largest absolute Gasteiger partial charge is 0.389 e. The van der Waals surface area contributed by atoms with E-state index in [2.05, 4.69) is 40.3 Å². The van der Waals surface area contributed by atoms with Crippen LogP contribution in [0, 0.1) is 0 Å². The number of rotatable bonds is 8. The van der Waals surface area contributed by atoms with Gasteiger partial charge in [-0.1, -0.05) is 35.0 Å². The third-order valence-electron chi connectivity index (χ3n) is 3.25. The van der Waals surface area contributed by atoms with Gasteiger partial charge in [-0.2, -0.15) is 0 Å². The first-order valence-corrected chi connectivity index (χ1v) is 7.48. The molecule has 0 heterocycles. The minimum absolute atomic E-state index is 0.266. The van der Waals surface area contributed by atoms with Gasteiger partial charge in [-0.3, -0.25) is 0 Å². The van der Waals surface area contributed by atoms with Crippen molar-refractivity contribution in [1.82, 2.24) is 5.32 Å². The third kappa shape index (κ3) is 6.04. The monoisotopic (exact) mass is 329 g/mol. The molecule has 2 unspecified atom stereocenters. The number of hydrogen-bond donors (Lipinski definition) is 2. The summed E-state index contributed by atoms with van der Waals surface area (Å²) in [6.07, 6.45) is 1.62. The molecule has 0 aliphatic rings. The van der Waals surface area contributed by atoms with E-state index in [1.807, 2.05) is 19.1 Å². The van der Waals surface area contributed by atoms with E-state index in [-0.39, 0.29) is 6.04 Å². The molecule has 0 saturated carbocycles. The molecule has 3 nitrogen and oxygen atoms in total. The maximum absolute atomic E-state index is 10.2. The molecule has 0 aliphatic carbocycles. The molecule has 4 heteroatoms. The van der Waals surface area contributed by atoms with E-state index < -0.39 is 5.60 Å². The van der Waals surface area contributed by atoms with Crippen molar-refractivity contribution in [2.45, 2.75) is 38.3 Å². The van der Waals surface area contributed by atoms with E-state index in [9.17, 15) is 5.11 Å². The maximum Gasteiger partial charge on any atom is 0.0765 e. The quantitative estimate of drug-likeness (QED) is 0.769. The lowest BCUT2D eigenvalue weighted by molar-refractivity contribution is 0.0226. The minimum Gasteiger partial charge on any atom is -0.389 e. The summed E-state index contributed by atoms with van der Waals surface area (Å²) >= 11 is 3.44. The zero-order valence-corrected chi connectivity index (χ0v) is 13.5. The number of benzene rings is 1. The smallest absolute Gasteiger partial charge is 0.0765 e. The van der Waals surface area contributed by atoms with E-state index in [0.717, 1.165) is 10.9 Å². The fourth-order valence-corrected chi connectivity index (χ4v) is 2.21. The van der Waals surface area contributed by atoms with E-state index >= 15 is 0 Å². The average Bonchev–Trinajstić information content (AvgIpc) is 2.39. The Bertz CT molecular complexity index is 365. The van der Waals surface area contributed by atoms with Crippen molar-refractivity contribution in [3.8, 4) is 0 Å². The highest BCUT2D eigenvalue weighted by molar-refractivity contribution is 9.10. The van der Waals surface area contributed by atoms with Gasteiger partial charge in [0.2, 0.25) is 0 Å². The maximum atomic E-state index is 10.2. The summed E-state index contributed by atoms with van der Waals surface area (Å²) in [4.78, 5) is 0. The first-order chi connectivity index (χ1) is 8.98. The molecular formula is C15H24BrNO2. The molecule has 108 valence electrons. The van der Waals surface area contributed by atoms with Crippen molar-refractivity contribution < 1.29 is 9.84 Å². The highest BCUT2D eigenvalue weighted by Crippen LogP contribution is 2.20.